The fraction of sp³-hybridized carbons (Fsp3) is 0.261. The molecule has 3 aromatic rings. The van der Waals surface area contributed by atoms with E-state index in [0.29, 0.717) is 11.1 Å². The fourth-order valence-electron chi connectivity index (χ4n) is 3.06. The summed E-state index contributed by atoms with van der Waals surface area (Å²) in [5.74, 6) is 0. The van der Waals surface area contributed by atoms with Crippen molar-refractivity contribution in [3.63, 3.8) is 0 Å². The van der Waals surface area contributed by atoms with Crippen LogP contribution >= 0.6 is 0 Å². The van der Waals surface area contributed by atoms with Crippen molar-refractivity contribution in [3.8, 4) is 17.3 Å². The second kappa shape index (κ2) is 8.85. The van der Waals surface area contributed by atoms with Crippen molar-refractivity contribution in [2.75, 3.05) is 7.05 Å². The number of hydrogen-bond acceptors (Lipinski definition) is 6. The molecule has 0 bridgehead atoms. The summed E-state index contributed by atoms with van der Waals surface area (Å²) in [6, 6.07) is 14.9. The van der Waals surface area contributed by atoms with Crippen LogP contribution in [-0.2, 0) is 21.3 Å². The molecule has 0 saturated heterocycles. The third-order valence-corrected chi connectivity index (χ3v) is 6.15. The SMILES string of the molecule is CN(Cc1cc(-c2cccnc2C#N)n(S(=O)(=O)c2ccccc2)c1)C(=O)OC(C)(C)C. The highest BCUT2D eigenvalue weighted by Crippen LogP contribution is 2.29. The summed E-state index contributed by atoms with van der Waals surface area (Å²) < 4.78 is 33.3. The zero-order valence-corrected chi connectivity index (χ0v) is 19.1. The van der Waals surface area contributed by atoms with Crippen molar-refractivity contribution < 1.29 is 17.9 Å². The van der Waals surface area contributed by atoms with E-state index < -0.39 is 21.7 Å². The standard InChI is InChI=1S/C23H24N4O4S/c1-23(2,3)31-22(28)26(4)15-17-13-21(19-11-8-12-25-20(19)14-24)27(16-17)32(29,30)18-9-6-5-7-10-18/h5-13,16H,15H2,1-4H3. The van der Waals surface area contributed by atoms with Crippen molar-refractivity contribution in [3.05, 3.63) is 72.2 Å². The van der Waals surface area contributed by atoms with E-state index in [1.165, 1.54) is 29.4 Å². The smallest absolute Gasteiger partial charge is 0.410 e. The zero-order chi connectivity index (χ0) is 23.5. The zero-order valence-electron chi connectivity index (χ0n) is 18.3. The Morgan fingerprint density at radius 2 is 1.88 bits per heavy atom. The van der Waals surface area contributed by atoms with E-state index in [2.05, 4.69) is 4.98 Å². The molecule has 0 aliphatic carbocycles. The van der Waals surface area contributed by atoms with E-state index in [0.717, 1.165) is 3.97 Å². The number of hydrogen-bond donors (Lipinski definition) is 0. The third kappa shape index (κ3) is 4.98. The van der Waals surface area contributed by atoms with Gasteiger partial charge in [0.15, 0.2) is 0 Å². The fourth-order valence-corrected chi connectivity index (χ4v) is 4.48. The van der Waals surface area contributed by atoms with Crippen molar-refractivity contribution in [1.29, 1.82) is 5.26 Å². The highest BCUT2D eigenvalue weighted by molar-refractivity contribution is 7.90. The van der Waals surface area contributed by atoms with Crippen LogP contribution < -0.4 is 0 Å². The van der Waals surface area contributed by atoms with Crippen LogP contribution in [0.2, 0.25) is 0 Å². The molecule has 0 saturated carbocycles. The minimum absolute atomic E-state index is 0.0992. The molecule has 0 unspecified atom stereocenters. The van der Waals surface area contributed by atoms with E-state index in [9.17, 15) is 18.5 Å². The lowest BCUT2D eigenvalue weighted by Gasteiger charge is -2.24. The van der Waals surface area contributed by atoms with Gasteiger partial charge in [-0.3, -0.25) is 0 Å². The second-order valence-corrected chi connectivity index (χ2v) is 10.0. The highest BCUT2D eigenvalue weighted by atomic mass is 32.2. The molecular formula is C23H24N4O4S. The van der Waals surface area contributed by atoms with Crippen LogP contribution in [0.4, 0.5) is 4.79 Å². The van der Waals surface area contributed by atoms with Crippen molar-refractivity contribution >= 4 is 16.1 Å². The number of carbonyl (C=O) groups is 1. The minimum atomic E-state index is -3.96. The monoisotopic (exact) mass is 452 g/mol. The molecule has 8 nitrogen and oxygen atoms in total. The maximum Gasteiger partial charge on any atom is 0.410 e. The Hall–Kier alpha value is -3.64. The lowest BCUT2D eigenvalue weighted by Crippen LogP contribution is -2.33. The summed E-state index contributed by atoms with van der Waals surface area (Å²) in [6.07, 6.45) is 2.39. The first kappa shape index (κ1) is 23.0. The van der Waals surface area contributed by atoms with Crippen LogP contribution in [-0.4, -0.2) is 41.0 Å². The number of ether oxygens (including phenoxy) is 1. The number of aromatic nitrogens is 2. The summed E-state index contributed by atoms with van der Waals surface area (Å²) in [7, 11) is -2.39. The summed E-state index contributed by atoms with van der Waals surface area (Å²) in [5.41, 5.74) is 0.658. The summed E-state index contributed by atoms with van der Waals surface area (Å²) in [5, 5.41) is 9.48. The number of amides is 1. The Bertz CT molecular complexity index is 1270. The summed E-state index contributed by atoms with van der Waals surface area (Å²) >= 11 is 0. The molecular weight excluding hydrogens is 428 g/mol. The molecule has 2 heterocycles. The van der Waals surface area contributed by atoms with Crippen molar-refractivity contribution in [2.24, 2.45) is 0 Å². The molecule has 0 aliphatic heterocycles. The maximum absolute atomic E-state index is 13.4. The Kier molecular flexibility index (Phi) is 6.37. The first-order valence-corrected chi connectivity index (χ1v) is 11.3. The summed E-state index contributed by atoms with van der Waals surface area (Å²) in [6.45, 7) is 5.42. The van der Waals surface area contributed by atoms with Crippen LogP contribution in [0.3, 0.4) is 0 Å². The molecule has 0 atom stereocenters. The molecule has 1 amide bonds. The van der Waals surface area contributed by atoms with Crippen LogP contribution in [0.25, 0.3) is 11.3 Å². The van der Waals surface area contributed by atoms with Crippen molar-refractivity contribution in [2.45, 2.75) is 37.8 Å². The molecule has 0 radical (unpaired) electrons. The first-order chi connectivity index (χ1) is 15.0. The molecule has 32 heavy (non-hydrogen) atoms. The number of nitriles is 1. The topological polar surface area (TPSA) is 105 Å². The van der Waals surface area contributed by atoms with Gasteiger partial charge in [0.05, 0.1) is 17.1 Å². The molecule has 166 valence electrons. The van der Waals surface area contributed by atoms with E-state index in [-0.39, 0.29) is 22.8 Å². The molecule has 0 fully saturated rings. The van der Waals surface area contributed by atoms with Gasteiger partial charge in [-0.25, -0.2) is 22.2 Å². The Morgan fingerprint density at radius 1 is 1.19 bits per heavy atom. The van der Waals surface area contributed by atoms with E-state index >= 15 is 0 Å². The number of nitrogens with zero attached hydrogens (tertiary/aromatic N) is 4. The highest BCUT2D eigenvalue weighted by Gasteiger charge is 2.25. The minimum Gasteiger partial charge on any atom is -0.444 e. The van der Waals surface area contributed by atoms with Crippen LogP contribution in [0.15, 0.2) is 65.8 Å². The maximum atomic E-state index is 13.4. The molecule has 3 rings (SSSR count). The normalized spacial score (nSPS) is 11.6. The van der Waals surface area contributed by atoms with Gasteiger partial charge in [-0.05, 0) is 56.7 Å². The largest absolute Gasteiger partial charge is 0.444 e. The number of pyridine rings is 1. The van der Waals surface area contributed by atoms with Gasteiger partial charge in [0.2, 0.25) is 0 Å². The first-order valence-electron chi connectivity index (χ1n) is 9.84. The van der Waals surface area contributed by atoms with Gasteiger partial charge in [-0.15, -0.1) is 0 Å². The van der Waals surface area contributed by atoms with E-state index in [1.807, 2.05) is 6.07 Å². The van der Waals surface area contributed by atoms with Crippen LogP contribution in [0.1, 0.15) is 32.0 Å². The lowest BCUT2D eigenvalue weighted by molar-refractivity contribution is 0.0285. The van der Waals surface area contributed by atoms with Gasteiger partial charge in [0.1, 0.15) is 17.4 Å². The Balaban J connectivity index is 2.09. The predicted octanol–water partition coefficient (Wildman–Crippen LogP) is 4.03. The van der Waals surface area contributed by atoms with Crippen LogP contribution in [0.5, 0.6) is 0 Å². The Morgan fingerprint density at radius 3 is 2.50 bits per heavy atom. The van der Waals surface area contributed by atoms with Gasteiger partial charge < -0.3 is 9.64 Å². The van der Waals surface area contributed by atoms with E-state index in [1.54, 1.807) is 64.2 Å². The second-order valence-electron chi connectivity index (χ2n) is 8.20. The molecule has 0 spiro atoms. The summed E-state index contributed by atoms with van der Waals surface area (Å²) in [4.78, 5) is 17.9. The van der Waals surface area contributed by atoms with Gasteiger partial charge >= 0.3 is 6.09 Å². The molecule has 9 heteroatoms. The molecule has 2 aromatic heterocycles. The molecule has 0 aliphatic rings. The van der Waals surface area contributed by atoms with Gasteiger partial charge in [0, 0.05) is 25.0 Å². The third-order valence-electron chi connectivity index (χ3n) is 4.46. The average Bonchev–Trinajstić information content (AvgIpc) is 3.17. The van der Waals surface area contributed by atoms with E-state index in [4.69, 9.17) is 4.74 Å². The molecule has 0 N–H and O–H groups in total. The predicted molar refractivity (Wildman–Crippen MR) is 119 cm³/mol. The van der Waals surface area contributed by atoms with Crippen LogP contribution in [0, 0.1) is 11.3 Å². The Labute approximate surface area is 187 Å². The number of carbonyl (C=O) groups excluding carboxylic acids is 1. The number of rotatable bonds is 5. The van der Waals surface area contributed by atoms with Gasteiger partial charge in [-0.2, -0.15) is 5.26 Å². The van der Waals surface area contributed by atoms with Gasteiger partial charge in [-0.1, -0.05) is 18.2 Å². The lowest BCUT2D eigenvalue weighted by atomic mass is 10.1. The van der Waals surface area contributed by atoms with Crippen molar-refractivity contribution in [1.82, 2.24) is 13.9 Å². The quantitative estimate of drug-likeness (QED) is 0.579. The van der Waals surface area contributed by atoms with Gasteiger partial charge in [0.25, 0.3) is 10.0 Å². The number of benzene rings is 1. The average molecular weight is 453 g/mol. The molecule has 1 aromatic carbocycles.